The first-order valence-electron chi connectivity index (χ1n) is 4.79. The molecule has 0 atom stereocenters. The van der Waals surface area contributed by atoms with Gasteiger partial charge in [0.25, 0.3) is 5.91 Å². The van der Waals surface area contributed by atoms with Crippen molar-refractivity contribution in [3.8, 4) is 11.5 Å². The van der Waals surface area contributed by atoms with Crippen LogP contribution in [0, 0.1) is 0 Å². The molecule has 0 saturated carbocycles. The number of hydrogen-bond acceptors (Lipinski definition) is 5. The van der Waals surface area contributed by atoms with Gasteiger partial charge in [0.15, 0.2) is 0 Å². The summed E-state index contributed by atoms with van der Waals surface area (Å²) in [4.78, 5) is 22.0. The minimum absolute atomic E-state index is 0.152. The fraction of sp³-hybridized carbons (Fsp3) is 0.273. The van der Waals surface area contributed by atoms with Crippen molar-refractivity contribution in [2.75, 3.05) is 20.8 Å². The van der Waals surface area contributed by atoms with E-state index in [2.05, 4.69) is 5.32 Å². The zero-order valence-electron chi connectivity index (χ0n) is 9.48. The molecule has 17 heavy (non-hydrogen) atoms. The first-order valence-corrected chi connectivity index (χ1v) is 4.79. The standard InChI is InChI=1S/C11H13NO5/c1-16-7-4-3-5-8(17-2)10(7)11(15)12-6-9(13)14/h3-5H,6H2,1-2H3,(H,12,15)(H,13,14)/p-1. The Morgan fingerprint density at radius 1 is 1.24 bits per heavy atom. The molecular weight excluding hydrogens is 226 g/mol. The van der Waals surface area contributed by atoms with Crippen LogP contribution >= 0.6 is 0 Å². The number of ether oxygens (including phenoxy) is 2. The summed E-state index contributed by atoms with van der Waals surface area (Å²) < 4.78 is 10.0. The molecule has 1 aromatic carbocycles. The van der Waals surface area contributed by atoms with Crippen molar-refractivity contribution in [2.45, 2.75) is 0 Å². The van der Waals surface area contributed by atoms with E-state index in [4.69, 9.17) is 9.47 Å². The molecule has 0 spiro atoms. The molecule has 6 heteroatoms. The summed E-state index contributed by atoms with van der Waals surface area (Å²) in [7, 11) is 2.81. The topological polar surface area (TPSA) is 87.7 Å². The Kier molecular flexibility index (Phi) is 4.33. The molecule has 0 saturated heterocycles. The number of carboxylic acids is 1. The van der Waals surface area contributed by atoms with E-state index in [1.54, 1.807) is 18.2 Å². The van der Waals surface area contributed by atoms with Crippen LogP contribution in [0.3, 0.4) is 0 Å². The fourth-order valence-electron chi connectivity index (χ4n) is 1.32. The first-order chi connectivity index (χ1) is 8.10. The smallest absolute Gasteiger partial charge is 0.259 e. The maximum atomic E-state index is 11.7. The molecule has 6 nitrogen and oxygen atoms in total. The van der Waals surface area contributed by atoms with Gasteiger partial charge in [0.05, 0.1) is 26.7 Å². The van der Waals surface area contributed by atoms with Gasteiger partial charge >= 0.3 is 0 Å². The third-order valence-electron chi connectivity index (χ3n) is 2.05. The molecule has 1 aromatic rings. The third kappa shape index (κ3) is 3.10. The van der Waals surface area contributed by atoms with E-state index in [1.807, 2.05) is 0 Å². The predicted molar refractivity (Wildman–Crippen MR) is 56.9 cm³/mol. The zero-order valence-corrected chi connectivity index (χ0v) is 9.48. The Labute approximate surface area is 98.2 Å². The average molecular weight is 238 g/mol. The number of carbonyl (C=O) groups excluding carboxylic acids is 2. The van der Waals surface area contributed by atoms with E-state index < -0.39 is 18.4 Å². The van der Waals surface area contributed by atoms with E-state index in [9.17, 15) is 14.7 Å². The van der Waals surface area contributed by atoms with Gasteiger partial charge in [-0.3, -0.25) is 4.79 Å². The molecule has 0 bridgehead atoms. The van der Waals surface area contributed by atoms with Gasteiger partial charge < -0.3 is 24.7 Å². The van der Waals surface area contributed by atoms with Gasteiger partial charge in [0.2, 0.25) is 0 Å². The van der Waals surface area contributed by atoms with Crippen molar-refractivity contribution >= 4 is 11.9 Å². The van der Waals surface area contributed by atoms with Crippen molar-refractivity contribution in [1.82, 2.24) is 5.32 Å². The first kappa shape index (κ1) is 12.8. The largest absolute Gasteiger partial charge is 0.548 e. The van der Waals surface area contributed by atoms with Crippen LogP contribution in [0.4, 0.5) is 0 Å². The highest BCUT2D eigenvalue weighted by Gasteiger charge is 2.17. The van der Waals surface area contributed by atoms with Gasteiger partial charge in [-0.2, -0.15) is 0 Å². The molecular formula is C11H12NO5-. The number of aliphatic carboxylic acids is 1. The number of nitrogens with one attached hydrogen (secondary N) is 1. The number of amides is 1. The fourth-order valence-corrected chi connectivity index (χ4v) is 1.32. The summed E-state index contributed by atoms with van der Waals surface area (Å²) in [5.41, 5.74) is 0.152. The summed E-state index contributed by atoms with van der Waals surface area (Å²) >= 11 is 0. The highest BCUT2D eigenvalue weighted by molar-refractivity contribution is 6.00. The third-order valence-corrected chi connectivity index (χ3v) is 2.05. The number of carbonyl (C=O) groups is 2. The lowest BCUT2D eigenvalue weighted by atomic mass is 10.1. The van der Waals surface area contributed by atoms with Gasteiger partial charge in [0.1, 0.15) is 17.1 Å². The van der Waals surface area contributed by atoms with Gasteiger partial charge in [0, 0.05) is 0 Å². The molecule has 1 rings (SSSR count). The minimum atomic E-state index is -1.37. The number of hydrogen-bond donors (Lipinski definition) is 1. The highest BCUT2D eigenvalue weighted by atomic mass is 16.5. The van der Waals surface area contributed by atoms with E-state index >= 15 is 0 Å². The molecule has 0 aliphatic heterocycles. The van der Waals surface area contributed by atoms with Gasteiger partial charge in [-0.25, -0.2) is 0 Å². The Morgan fingerprint density at radius 3 is 2.18 bits per heavy atom. The summed E-state index contributed by atoms with van der Waals surface area (Å²) in [6.45, 7) is -0.569. The highest BCUT2D eigenvalue weighted by Crippen LogP contribution is 2.27. The molecule has 0 fully saturated rings. The zero-order chi connectivity index (χ0) is 12.8. The van der Waals surface area contributed by atoms with Gasteiger partial charge in [-0.1, -0.05) is 6.07 Å². The van der Waals surface area contributed by atoms with Crippen LogP contribution < -0.4 is 19.9 Å². The lowest BCUT2D eigenvalue weighted by molar-refractivity contribution is -0.303. The summed E-state index contributed by atoms with van der Waals surface area (Å²) in [5.74, 6) is -1.35. The van der Waals surface area contributed by atoms with Gasteiger partial charge in [-0.05, 0) is 12.1 Å². The SMILES string of the molecule is COc1cccc(OC)c1C(=O)NCC(=O)[O-]. The van der Waals surface area contributed by atoms with E-state index in [0.717, 1.165) is 0 Å². The second kappa shape index (κ2) is 5.74. The van der Waals surface area contributed by atoms with E-state index in [1.165, 1.54) is 14.2 Å². The Balaban J connectivity index is 3.01. The van der Waals surface area contributed by atoms with Gasteiger partial charge in [-0.15, -0.1) is 0 Å². The average Bonchev–Trinajstić information content (AvgIpc) is 2.34. The van der Waals surface area contributed by atoms with Crippen LogP contribution in [0.5, 0.6) is 11.5 Å². The summed E-state index contributed by atoms with van der Waals surface area (Å²) in [5, 5.41) is 12.4. The number of methoxy groups -OCH3 is 2. The van der Waals surface area contributed by atoms with Crippen LogP contribution in [-0.4, -0.2) is 32.6 Å². The normalized spacial score (nSPS) is 9.53. The quantitative estimate of drug-likeness (QED) is 0.724. The molecule has 1 amide bonds. The molecule has 92 valence electrons. The van der Waals surface area contributed by atoms with Crippen LogP contribution in [0.25, 0.3) is 0 Å². The Bertz CT molecular complexity index is 408. The lowest BCUT2D eigenvalue weighted by Gasteiger charge is -2.13. The lowest BCUT2D eigenvalue weighted by Crippen LogP contribution is -2.37. The summed E-state index contributed by atoms with van der Waals surface area (Å²) in [6.07, 6.45) is 0. The summed E-state index contributed by atoms with van der Waals surface area (Å²) in [6, 6.07) is 4.82. The van der Waals surface area contributed by atoms with E-state index in [-0.39, 0.29) is 5.56 Å². The number of carboxylic acid groups (broad SMARTS) is 1. The van der Waals surface area contributed by atoms with Crippen molar-refractivity contribution < 1.29 is 24.2 Å². The Hall–Kier alpha value is -2.24. The second-order valence-corrected chi connectivity index (χ2v) is 3.09. The predicted octanol–water partition coefficient (Wildman–Crippen LogP) is -0.816. The molecule has 0 heterocycles. The number of benzene rings is 1. The van der Waals surface area contributed by atoms with Crippen LogP contribution in [-0.2, 0) is 4.79 Å². The monoisotopic (exact) mass is 238 g/mol. The van der Waals surface area contributed by atoms with Crippen molar-refractivity contribution in [3.05, 3.63) is 23.8 Å². The second-order valence-electron chi connectivity index (χ2n) is 3.09. The number of rotatable bonds is 5. The van der Waals surface area contributed by atoms with Crippen LogP contribution in [0.2, 0.25) is 0 Å². The molecule has 0 aliphatic carbocycles. The molecule has 0 radical (unpaired) electrons. The molecule has 0 aromatic heterocycles. The maximum Gasteiger partial charge on any atom is 0.259 e. The van der Waals surface area contributed by atoms with Crippen LogP contribution in [0.15, 0.2) is 18.2 Å². The van der Waals surface area contributed by atoms with Crippen molar-refractivity contribution in [1.29, 1.82) is 0 Å². The molecule has 0 aliphatic rings. The van der Waals surface area contributed by atoms with Crippen LogP contribution in [0.1, 0.15) is 10.4 Å². The van der Waals surface area contributed by atoms with Crippen molar-refractivity contribution in [3.63, 3.8) is 0 Å². The maximum absolute atomic E-state index is 11.7. The molecule has 1 N–H and O–H groups in total. The molecule has 0 unspecified atom stereocenters. The van der Waals surface area contributed by atoms with E-state index in [0.29, 0.717) is 11.5 Å². The Morgan fingerprint density at radius 2 is 1.76 bits per heavy atom. The van der Waals surface area contributed by atoms with Crippen molar-refractivity contribution in [2.24, 2.45) is 0 Å². The minimum Gasteiger partial charge on any atom is -0.548 e.